The van der Waals surface area contributed by atoms with Crippen molar-refractivity contribution in [2.24, 2.45) is 5.10 Å². The summed E-state index contributed by atoms with van der Waals surface area (Å²) in [4.78, 5) is 0. The van der Waals surface area contributed by atoms with E-state index in [1.54, 1.807) is 51.2 Å². The van der Waals surface area contributed by atoms with Gasteiger partial charge in [-0.25, -0.2) is 0 Å². The van der Waals surface area contributed by atoms with Crippen molar-refractivity contribution in [1.82, 2.24) is 5.32 Å². The highest BCUT2D eigenvalue weighted by Crippen LogP contribution is 2.43. The molecule has 222 valence electrons. The summed E-state index contributed by atoms with van der Waals surface area (Å²) in [7, 11) is 1.39. The Morgan fingerprint density at radius 2 is 1.85 bits per heavy atom. The lowest BCUT2D eigenvalue weighted by molar-refractivity contribution is -0.979. The highest BCUT2D eigenvalue weighted by molar-refractivity contribution is 7.74. The molecule has 1 atom stereocenters. The topological polar surface area (TPSA) is 86.9 Å². The van der Waals surface area contributed by atoms with Crippen molar-refractivity contribution in [2.45, 2.75) is 45.7 Å². The minimum atomic E-state index is -4.72. The first-order chi connectivity index (χ1) is 19.1. The number of rotatable bonds is 12. The molecule has 0 aromatic heterocycles. The number of hydrogen-bond donors (Lipinski definition) is 3. The highest BCUT2D eigenvalue weighted by atomic mass is 35.5. The quantitative estimate of drug-likeness (QED) is 0.0444. The lowest BCUT2D eigenvalue weighted by Gasteiger charge is -2.28. The van der Waals surface area contributed by atoms with Gasteiger partial charge in [-0.2, -0.15) is 23.6 Å². The smallest absolute Gasteiger partial charge is 0.420 e. The number of halogens is 4. The molecule has 41 heavy (non-hydrogen) atoms. The van der Waals surface area contributed by atoms with Crippen molar-refractivity contribution in [2.75, 3.05) is 26.1 Å². The van der Waals surface area contributed by atoms with Crippen LogP contribution in [0.15, 0.2) is 65.4 Å². The van der Waals surface area contributed by atoms with Crippen LogP contribution in [0, 0.1) is 11.3 Å². The van der Waals surface area contributed by atoms with Crippen LogP contribution in [-0.4, -0.2) is 41.3 Å². The largest absolute Gasteiger partial charge is 0.490 e. The molecule has 0 bridgehead atoms. The average Bonchev–Trinajstić information content (AvgIpc) is 2.88. The van der Waals surface area contributed by atoms with E-state index < -0.39 is 27.1 Å². The Bertz CT molecular complexity index is 1310. The summed E-state index contributed by atoms with van der Waals surface area (Å²) >= 11 is 9.49. The van der Waals surface area contributed by atoms with Gasteiger partial charge in [-0.15, -0.1) is 11.6 Å². The SMILES string of the molecule is CC/C=C(/C=C\N/C(C)=N\[N+](C)(O)S)COc1ccc(C(C)(C)c2cc(C#N)c(OCCCl)c(C(F)(F)F)c2)cc1. The van der Waals surface area contributed by atoms with E-state index in [4.69, 9.17) is 21.1 Å². The van der Waals surface area contributed by atoms with Gasteiger partial charge >= 0.3 is 6.18 Å². The Morgan fingerprint density at radius 3 is 2.39 bits per heavy atom. The molecule has 0 heterocycles. The Morgan fingerprint density at radius 1 is 1.20 bits per heavy atom. The van der Waals surface area contributed by atoms with Crippen LogP contribution < -0.4 is 14.8 Å². The van der Waals surface area contributed by atoms with Gasteiger partial charge in [0.2, 0.25) is 0 Å². The van der Waals surface area contributed by atoms with Gasteiger partial charge in [0.1, 0.15) is 50.6 Å². The summed E-state index contributed by atoms with van der Waals surface area (Å²) in [5.41, 5.74) is -0.146. The molecule has 2 N–H and O–H groups in total. The highest BCUT2D eigenvalue weighted by Gasteiger charge is 2.38. The van der Waals surface area contributed by atoms with Gasteiger partial charge in [-0.05, 0) is 69.6 Å². The number of hydroxylamine groups is 1. The lowest BCUT2D eigenvalue weighted by Crippen LogP contribution is -2.27. The summed E-state index contributed by atoms with van der Waals surface area (Å²) in [5, 5.41) is 26.0. The number of alkyl halides is 4. The summed E-state index contributed by atoms with van der Waals surface area (Å²) in [6.07, 6.45) is 1.56. The number of quaternary nitrogens is 1. The van der Waals surface area contributed by atoms with Crippen LogP contribution in [0.1, 0.15) is 56.4 Å². The maximum absolute atomic E-state index is 13.9. The number of hydrogen-bond acceptors (Lipinski definition) is 6. The van der Waals surface area contributed by atoms with E-state index in [1.165, 1.54) is 13.1 Å². The minimum absolute atomic E-state index is 0.0127. The standard InChI is InChI=1S/C29H35ClF3N4O3S/c1-6-7-21(12-14-35-20(2)36-37(5,38)41)19-40-25-10-8-23(9-11-25)28(3,4)24-16-22(18-34)27(39-15-13-30)26(17-24)29(31,32)33/h7-12,14,16-17,38,41H,6,13,15,19H2,1-5H3,(H,35,36)/q+1/b14-12-,21-7-. The normalized spacial score (nSPS) is 14.5. The van der Waals surface area contributed by atoms with Crippen LogP contribution in [0.2, 0.25) is 0 Å². The molecule has 1 unspecified atom stereocenters. The van der Waals surface area contributed by atoms with Gasteiger partial charge < -0.3 is 14.8 Å². The van der Waals surface area contributed by atoms with E-state index >= 15 is 0 Å². The van der Waals surface area contributed by atoms with Crippen LogP contribution in [0.3, 0.4) is 0 Å². The third-order valence-corrected chi connectivity index (χ3v) is 6.18. The third-order valence-electron chi connectivity index (χ3n) is 5.94. The maximum atomic E-state index is 13.9. The molecular weight excluding hydrogens is 577 g/mol. The summed E-state index contributed by atoms with van der Waals surface area (Å²) < 4.78 is 52.1. The Labute approximate surface area is 249 Å². The molecule has 0 saturated heterocycles. The molecule has 0 fully saturated rings. The van der Waals surface area contributed by atoms with Crippen molar-refractivity contribution in [1.29, 1.82) is 5.26 Å². The molecule has 0 saturated carbocycles. The second-order valence-electron chi connectivity index (χ2n) is 9.70. The molecule has 0 aliphatic heterocycles. The minimum Gasteiger partial charge on any atom is -0.490 e. The molecule has 2 rings (SSSR count). The molecule has 2 aromatic rings. The Hall–Kier alpha value is -3.17. The molecule has 12 heteroatoms. The van der Waals surface area contributed by atoms with Gasteiger partial charge in [0.05, 0.1) is 17.0 Å². The lowest BCUT2D eigenvalue weighted by atomic mass is 9.77. The summed E-state index contributed by atoms with van der Waals surface area (Å²) in [5.74, 6) is 0.506. The maximum Gasteiger partial charge on any atom is 0.420 e. The number of benzene rings is 2. The first-order valence-electron chi connectivity index (χ1n) is 12.7. The number of thiol groups is 1. The van der Waals surface area contributed by atoms with E-state index in [9.17, 15) is 23.6 Å². The number of ether oxygens (including phenoxy) is 2. The molecule has 0 aliphatic carbocycles. The van der Waals surface area contributed by atoms with Crippen molar-refractivity contribution < 1.29 is 32.0 Å². The van der Waals surface area contributed by atoms with Crippen molar-refractivity contribution in [3.8, 4) is 17.6 Å². The van der Waals surface area contributed by atoms with Crippen molar-refractivity contribution >= 4 is 30.3 Å². The van der Waals surface area contributed by atoms with E-state index in [-0.39, 0.29) is 24.7 Å². The molecule has 2 aromatic carbocycles. The molecule has 0 aliphatic rings. The number of allylic oxidation sites excluding steroid dienone is 1. The summed E-state index contributed by atoms with van der Waals surface area (Å²) in [6.45, 7) is 7.38. The molecule has 7 nitrogen and oxygen atoms in total. The molecule has 0 radical (unpaired) electrons. The van der Waals surface area contributed by atoms with Crippen LogP contribution in [0.25, 0.3) is 0 Å². The first-order valence-corrected chi connectivity index (χ1v) is 13.6. The van der Waals surface area contributed by atoms with Crippen LogP contribution in [0.5, 0.6) is 11.5 Å². The van der Waals surface area contributed by atoms with E-state index in [0.29, 0.717) is 17.1 Å². The van der Waals surface area contributed by atoms with Gasteiger partial charge in [-0.1, -0.05) is 39.0 Å². The van der Waals surface area contributed by atoms with Crippen molar-refractivity contribution in [3.05, 3.63) is 82.6 Å². The molecule has 0 spiro atoms. The number of amidine groups is 1. The monoisotopic (exact) mass is 611 g/mol. The van der Waals surface area contributed by atoms with Crippen LogP contribution in [-0.2, 0) is 11.6 Å². The van der Waals surface area contributed by atoms with E-state index in [2.05, 4.69) is 23.2 Å². The predicted molar refractivity (Wildman–Crippen MR) is 157 cm³/mol. The van der Waals surface area contributed by atoms with Gasteiger partial charge in [0.15, 0.2) is 5.84 Å². The zero-order valence-electron chi connectivity index (χ0n) is 23.6. The fourth-order valence-electron chi connectivity index (χ4n) is 3.90. The van der Waals surface area contributed by atoms with E-state index in [1.807, 2.05) is 25.1 Å². The zero-order chi connectivity index (χ0) is 30.8. The van der Waals surface area contributed by atoms with Crippen LogP contribution in [0.4, 0.5) is 13.2 Å². The fraction of sp³-hybridized carbons (Fsp3) is 0.379. The number of nitriles is 1. The van der Waals surface area contributed by atoms with Crippen molar-refractivity contribution in [3.63, 3.8) is 0 Å². The van der Waals surface area contributed by atoms with Gasteiger partial charge in [0.25, 0.3) is 0 Å². The second-order valence-corrected chi connectivity index (χ2v) is 10.8. The fourth-order valence-corrected chi connectivity index (χ4v) is 4.11. The zero-order valence-corrected chi connectivity index (χ0v) is 25.2. The Kier molecular flexibility index (Phi) is 12.2. The third kappa shape index (κ3) is 10.3. The first kappa shape index (κ1) is 34.0. The van der Waals surface area contributed by atoms with Gasteiger partial charge in [0, 0.05) is 11.6 Å². The average molecular weight is 612 g/mol. The molecular formula is C29H35ClF3N4O3S+. The molecule has 0 amide bonds. The van der Waals surface area contributed by atoms with E-state index in [0.717, 1.165) is 23.6 Å². The summed E-state index contributed by atoms with van der Waals surface area (Å²) in [6, 6.07) is 11.4. The number of nitrogens with zero attached hydrogens (tertiary/aromatic N) is 3. The predicted octanol–water partition coefficient (Wildman–Crippen LogP) is 7.35. The Balaban J connectivity index is 2.25. The van der Waals surface area contributed by atoms with Crippen LogP contribution >= 0.6 is 24.4 Å². The van der Waals surface area contributed by atoms with Gasteiger partial charge in [-0.3, -0.25) is 0 Å². The second kappa shape index (κ2) is 14.6. The number of nitrogens with one attached hydrogen (secondary N) is 1.